The molecule has 0 amide bonds. The Morgan fingerprint density at radius 3 is 2.46 bits per heavy atom. The standard InChI is InChI=1S/C17H27N3O2S.HI/c1-14-5-7-15(8-6-14)9-10-19-16(18-4)20-11-12-23(21,22)17(2,3)13-20;/h5-8H,9-13H2,1-4H3,(H,18,19);1H. The predicted molar refractivity (Wildman–Crippen MR) is 111 cm³/mol. The van der Waals surface area contributed by atoms with Crippen LogP contribution in [0, 0.1) is 6.92 Å². The zero-order valence-corrected chi connectivity index (χ0v) is 18.0. The van der Waals surface area contributed by atoms with Gasteiger partial charge < -0.3 is 10.2 Å². The Balaban J connectivity index is 0.00000288. The average molecular weight is 465 g/mol. The number of halogens is 1. The highest BCUT2D eigenvalue weighted by Gasteiger charge is 2.40. The van der Waals surface area contributed by atoms with E-state index in [-0.39, 0.29) is 29.7 Å². The van der Waals surface area contributed by atoms with Crippen molar-refractivity contribution in [3.8, 4) is 0 Å². The van der Waals surface area contributed by atoms with E-state index in [9.17, 15) is 8.42 Å². The predicted octanol–water partition coefficient (Wildman–Crippen LogP) is 2.24. The summed E-state index contributed by atoms with van der Waals surface area (Å²) in [6, 6.07) is 8.50. The van der Waals surface area contributed by atoms with E-state index in [4.69, 9.17) is 0 Å². The molecule has 1 aromatic rings. The van der Waals surface area contributed by atoms with Gasteiger partial charge in [-0.2, -0.15) is 0 Å². The molecule has 0 radical (unpaired) electrons. The minimum absolute atomic E-state index is 0. The van der Waals surface area contributed by atoms with E-state index in [1.165, 1.54) is 11.1 Å². The van der Waals surface area contributed by atoms with Crippen molar-refractivity contribution in [2.75, 3.05) is 32.4 Å². The number of benzene rings is 1. The molecular weight excluding hydrogens is 437 g/mol. The molecule has 1 heterocycles. The van der Waals surface area contributed by atoms with Gasteiger partial charge in [0.2, 0.25) is 0 Å². The summed E-state index contributed by atoms with van der Waals surface area (Å²) in [5.74, 6) is 0.957. The molecule has 0 aliphatic carbocycles. The number of rotatable bonds is 3. The Morgan fingerprint density at radius 2 is 1.92 bits per heavy atom. The summed E-state index contributed by atoms with van der Waals surface area (Å²) in [7, 11) is -1.29. The Bertz CT molecular complexity index is 670. The Kier molecular flexibility index (Phi) is 7.52. The minimum atomic E-state index is -3.03. The number of guanidine groups is 1. The molecule has 1 aromatic carbocycles. The number of sulfone groups is 1. The normalized spacial score (nSPS) is 19.5. The average Bonchev–Trinajstić information content (AvgIpc) is 2.49. The molecule has 0 spiro atoms. The van der Waals surface area contributed by atoms with E-state index >= 15 is 0 Å². The Hall–Kier alpha value is -0.830. The van der Waals surface area contributed by atoms with Gasteiger partial charge in [-0.15, -0.1) is 24.0 Å². The Morgan fingerprint density at radius 1 is 1.29 bits per heavy atom. The number of nitrogens with one attached hydrogen (secondary N) is 1. The van der Waals surface area contributed by atoms with Crippen LogP contribution >= 0.6 is 24.0 Å². The van der Waals surface area contributed by atoms with Crippen molar-refractivity contribution >= 4 is 39.8 Å². The maximum Gasteiger partial charge on any atom is 0.193 e. The zero-order chi connectivity index (χ0) is 17.1. The number of hydrogen-bond acceptors (Lipinski definition) is 3. The first-order chi connectivity index (χ1) is 10.7. The molecular formula is C17H28IN3O2S. The molecule has 0 saturated carbocycles. The third-order valence-corrected chi connectivity index (χ3v) is 6.91. The maximum absolute atomic E-state index is 12.1. The zero-order valence-electron chi connectivity index (χ0n) is 14.9. The number of aryl methyl sites for hydroxylation is 1. The van der Waals surface area contributed by atoms with Crippen LogP contribution in [0.5, 0.6) is 0 Å². The van der Waals surface area contributed by atoms with Gasteiger partial charge in [0.05, 0.1) is 10.5 Å². The molecule has 136 valence electrons. The summed E-state index contributed by atoms with van der Waals surface area (Å²) in [5.41, 5.74) is 2.54. The molecule has 0 unspecified atom stereocenters. The second kappa shape index (κ2) is 8.51. The summed E-state index contributed by atoms with van der Waals surface area (Å²) in [6.07, 6.45) is 0.912. The first-order valence-corrected chi connectivity index (χ1v) is 9.64. The summed E-state index contributed by atoms with van der Waals surface area (Å²) < 4.78 is 23.5. The molecule has 0 atom stereocenters. The Labute approximate surface area is 162 Å². The van der Waals surface area contributed by atoms with Gasteiger partial charge in [-0.1, -0.05) is 29.8 Å². The lowest BCUT2D eigenvalue weighted by atomic mass is 10.1. The number of nitrogens with zero attached hydrogens (tertiary/aromatic N) is 2. The van der Waals surface area contributed by atoms with Gasteiger partial charge in [0.25, 0.3) is 0 Å². The van der Waals surface area contributed by atoms with Gasteiger partial charge in [-0.3, -0.25) is 4.99 Å². The van der Waals surface area contributed by atoms with Gasteiger partial charge in [-0.25, -0.2) is 8.42 Å². The fraction of sp³-hybridized carbons (Fsp3) is 0.588. The molecule has 7 heteroatoms. The molecule has 1 N–H and O–H groups in total. The summed E-state index contributed by atoms with van der Waals surface area (Å²) in [4.78, 5) is 6.34. The van der Waals surface area contributed by atoms with Crippen molar-refractivity contribution in [3.63, 3.8) is 0 Å². The van der Waals surface area contributed by atoms with Crippen LogP contribution in [0.4, 0.5) is 0 Å². The topological polar surface area (TPSA) is 61.8 Å². The van der Waals surface area contributed by atoms with Crippen molar-refractivity contribution in [2.24, 2.45) is 4.99 Å². The second-order valence-corrected chi connectivity index (χ2v) is 9.45. The quantitative estimate of drug-likeness (QED) is 0.423. The molecule has 24 heavy (non-hydrogen) atoms. The lowest BCUT2D eigenvalue weighted by molar-refractivity contribution is 0.353. The summed E-state index contributed by atoms with van der Waals surface area (Å²) in [5, 5.41) is 3.35. The van der Waals surface area contributed by atoms with Gasteiger partial charge in [0, 0.05) is 26.7 Å². The van der Waals surface area contributed by atoms with E-state index in [0.717, 1.165) is 18.9 Å². The van der Waals surface area contributed by atoms with E-state index in [0.29, 0.717) is 13.1 Å². The monoisotopic (exact) mass is 465 g/mol. The third-order valence-electron chi connectivity index (χ3n) is 4.37. The molecule has 5 nitrogen and oxygen atoms in total. The van der Waals surface area contributed by atoms with Crippen molar-refractivity contribution in [1.29, 1.82) is 0 Å². The highest BCUT2D eigenvalue weighted by molar-refractivity contribution is 14.0. The van der Waals surface area contributed by atoms with Gasteiger partial charge in [0.15, 0.2) is 15.8 Å². The van der Waals surface area contributed by atoms with E-state index in [1.54, 1.807) is 20.9 Å². The van der Waals surface area contributed by atoms with E-state index in [1.807, 2.05) is 4.90 Å². The maximum atomic E-state index is 12.1. The SMILES string of the molecule is CN=C(NCCc1ccc(C)cc1)N1CCS(=O)(=O)C(C)(C)C1.I. The highest BCUT2D eigenvalue weighted by atomic mass is 127. The van der Waals surface area contributed by atoms with Gasteiger partial charge >= 0.3 is 0 Å². The van der Waals surface area contributed by atoms with Gasteiger partial charge in [0.1, 0.15) is 0 Å². The van der Waals surface area contributed by atoms with Crippen LogP contribution in [0.2, 0.25) is 0 Å². The third kappa shape index (κ3) is 5.08. The largest absolute Gasteiger partial charge is 0.356 e. The minimum Gasteiger partial charge on any atom is -0.356 e. The van der Waals surface area contributed by atoms with Crippen molar-refractivity contribution in [1.82, 2.24) is 10.2 Å². The lowest BCUT2D eigenvalue weighted by Gasteiger charge is -2.39. The number of hydrogen-bond donors (Lipinski definition) is 1. The molecule has 0 bridgehead atoms. The van der Waals surface area contributed by atoms with Crippen LogP contribution in [0.25, 0.3) is 0 Å². The molecule has 1 saturated heterocycles. The first kappa shape index (κ1) is 21.2. The van der Waals surface area contributed by atoms with E-state index in [2.05, 4.69) is 41.5 Å². The molecule has 1 fully saturated rings. The molecule has 1 aliphatic rings. The van der Waals surface area contributed by atoms with Gasteiger partial charge in [-0.05, 0) is 32.8 Å². The van der Waals surface area contributed by atoms with Crippen LogP contribution in [-0.4, -0.2) is 56.5 Å². The second-order valence-electron chi connectivity index (χ2n) is 6.71. The van der Waals surface area contributed by atoms with Crippen LogP contribution < -0.4 is 5.32 Å². The summed E-state index contributed by atoms with van der Waals surface area (Å²) in [6.45, 7) is 7.40. The molecule has 0 aromatic heterocycles. The van der Waals surface area contributed by atoms with Crippen LogP contribution in [-0.2, 0) is 16.3 Å². The molecule has 2 rings (SSSR count). The van der Waals surface area contributed by atoms with Crippen molar-refractivity contribution < 1.29 is 8.42 Å². The fourth-order valence-corrected chi connectivity index (χ4v) is 4.10. The fourth-order valence-electron chi connectivity index (χ4n) is 2.73. The van der Waals surface area contributed by atoms with Crippen molar-refractivity contribution in [2.45, 2.75) is 31.9 Å². The smallest absolute Gasteiger partial charge is 0.193 e. The van der Waals surface area contributed by atoms with Crippen LogP contribution in [0.1, 0.15) is 25.0 Å². The molecule has 1 aliphatic heterocycles. The highest BCUT2D eigenvalue weighted by Crippen LogP contribution is 2.23. The first-order valence-electron chi connectivity index (χ1n) is 7.99. The van der Waals surface area contributed by atoms with Crippen molar-refractivity contribution in [3.05, 3.63) is 35.4 Å². The van der Waals surface area contributed by atoms with Crippen LogP contribution in [0.3, 0.4) is 0 Å². The number of aliphatic imine (C=N–C) groups is 1. The van der Waals surface area contributed by atoms with E-state index < -0.39 is 14.6 Å². The van der Waals surface area contributed by atoms with Crippen LogP contribution in [0.15, 0.2) is 29.3 Å². The lowest BCUT2D eigenvalue weighted by Crippen LogP contribution is -2.57. The summed E-state index contributed by atoms with van der Waals surface area (Å²) >= 11 is 0.